The van der Waals surface area contributed by atoms with Gasteiger partial charge in [0.1, 0.15) is 12.2 Å². The maximum Gasteiger partial charge on any atom is 0.374 e. The molecule has 0 aromatic carbocycles. The summed E-state index contributed by atoms with van der Waals surface area (Å²) in [7, 11) is 0. The van der Waals surface area contributed by atoms with Crippen LogP contribution in [-0.2, 0) is 28.6 Å². The molecule has 0 aromatic rings. The van der Waals surface area contributed by atoms with Crippen molar-refractivity contribution in [2.75, 3.05) is 6.61 Å². The maximum atomic E-state index is 12.6. The third kappa shape index (κ3) is 5.65. The zero-order chi connectivity index (χ0) is 21.7. The molecule has 1 saturated heterocycles. The summed E-state index contributed by atoms with van der Waals surface area (Å²) in [5.74, 6) is -3.41. The summed E-state index contributed by atoms with van der Waals surface area (Å²) in [5, 5.41) is 19.3. The quantitative estimate of drug-likeness (QED) is 0.237. The number of rotatable bonds is 4. The third-order valence-electron chi connectivity index (χ3n) is 4.82. The smallest absolute Gasteiger partial charge is 0.374 e. The Kier molecular flexibility index (Phi) is 7.53. The number of aliphatic hydroxyl groups excluding tert-OH is 2. The lowest BCUT2D eigenvalue weighted by Crippen LogP contribution is -2.34. The van der Waals surface area contributed by atoms with Crippen molar-refractivity contribution >= 4 is 17.9 Å². The van der Waals surface area contributed by atoms with E-state index < -0.39 is 54.5 Å². The van der Waals surface area contributed by atoms with Crippen LogP contribution in [0.1, 0.15) is 33.6 Å². The van der Waals surface area contributed by atoms with E-state index in [1.165, 1.54) is 0 Å². The zero-order valence-corrected chi connectivity index (χ0v) is 16.7. The highest BCUT2D eigenvalue weighted by atomic mass is 16.6. The topological polar surface area (TPSA) is 119 Å². The Morgan fingerprint density at radius 2 is 2.07 bits per heavy atom. The van der Waals surface area contributed by atoms with Crippen molar-refractivity contribution in [1.82, 2.24) is 0 Å². The summed E-state index contributed by atoms with van der Waals surface area (Å²) >= 11 is 0. The Bertz CT molecular complexity index is 789. The van der Waals surface area contributed by atoms with Crippen molar-refractivity contribution in [2.45, 2.75) is 51.9 Å². The van der Waals surface area contributed by atoms with E-state index in [0.717, 1.165) is 18.6 Å². The summed E-state index contributed by atoms with van der Waals surface area (Å²) in [6.45, 7) is 7.93. The second kappa shape index (κ2) is 9.67. The van der Waals surface area contributed by atoms with Crippen LogP contribution in [0.25, 0.3) is 0 Å². The molecule has 0 bridgehead atoms. The average Bonchev–Trinajstić information content (AvgIpc) is 2.91. The predicted octanol–water partition coefficient (Wildman–Crippen LogP) is 1.48. The van der Waals surface area contributed by atoms with Crippen LogP contribution in [-0.4, -0.2) is 53.0 Å². The lowest BCUT2D eigenvalue weighted by molar-refractivity contribution is -0.156. The summed E-state index contributed by atoms with van der Waals surface area (Å²) in [6, 6.07) is 0. The Balaban J connectivity index is 2.39. The van der Waals surface area contributed by atoms with Gasteiger partial charge in [-0.15, -0.1) is 0 Å². The lowest BCUT2D eigenvalue weighted by atomic mass is 9.85. The van der Waals surface area contributed by atoms with Gasteiger partial charge in [-0.25, -0.2) is 9.59 Å². The summed E-state index contributed by atoms with van der Waals surface area (Å²) in [6.07, 6.45) is 2.80. The number of carbonyl (C=O) groups is 3. The van der Waals surface area contributed by atoms with Crippen LogP contribution in [0.5, 0.6) is 0 Å². The first-order valence-corrected chi connectivity index (χ1v) is 9.26. The molecule has 1 aliphatic heterocycles. The van der Waals surface area contributed by atoms with E-state index in [4.69, 9.17) is 19.3 Å². The zero-order valence-electron chi connectivity index (χ0n) is 16.7. The van der Waals surface area contributed by atoms with Crippen molar-refractivity contribution in [2.24, 2.45) is 5.92 Å². The molecule has 2 aliphatic rings. The monoisotopic (exact) mass is 406 g/mol. The Morgan fingerprint density at radius 3 is 2.69 bits per heavy atom. The fraction of sp³-hybridized carbons (Fsp3) is 0.476. The molecule has 0 unspecified atom stereocenters. The molecule has 0 saturated carbocycles. The van der Waals surface area contributed by atoms with Crippen molar-refractivity contribution in [3.63, 3.8) is 0 Å². The molecule has 1 heterocycles. The van der Waals surface area contributed by atoms with Crippen LogP contribution < -0.4 is 0 Å². The van der Waals surface area contributed by atoms with E-state index in [0.29, 0.717) is 12.0 Å². The molecule has 8 nitrogen and oxygen atoms in total. The number of ether oxygens (including phenoxy) is 3. The van der Waals surface area contributed by atoms with Crippen LogP contribution in [0.2, 0.25) is 0 Å². The van der Waals surface area contributed by atoms with Gasteiger partial charge < -0.3 is 24.4 Å². The molecule has 0 aromatic heterocycles. The second-order valence-corrected chi connectivity index (χ2v) is 7.13. The normalized spacial score (nSPS) is 28.0. The largest absolute Gasteiger partial charge is 0.455 e. The molecule has 8 heteroatoms. The van der Waals surface area contributed by atoms with Gasteiger partial charge in [0.2, 0.25) is 5.76 Å². The van der Waals surface area contributed by atoms with E-state index in [1.54, 1.807) is 13.0 Å². The molecular weight excluding hydrogens is 380 g/mol. The highest BCUT2D eigenvalue weighted by Gasteiger charge is 2.45. The van der Waals surface area contributed by atoms with Gasteiger partial charge in [-0.1, -0.05) is 18.2 Å². The minimum atomic E-state index is -0.948. The van der Waals surface area contributed by atoms with Gasteiger partial charge in [0.05, 0.1) is 18.6 Å². The molecule has 0 spiro atoms. The Hall–Kier alpha value is -2.71. The molecule has 1 fully saturated rings. The van der Waals surface area contributed by atoms with E-state index >= 15 is 0 Å². The van der Waals surface area contributed by atoms with Crippen molar-refractivity contribution in [1.29, 1.82) is 0 Å². The van der Waals surface area contributed by atoms with Gasteiger partial charge in [0.25, 0.3) is 0 Å². The van der Waals surface area contributed by atoms with Crippen LogP contribution in [0.4, 0.5) is 0 Å². The average molecular weight is 406 g/mol. The molecule has 0 radical (unpaired) electrons. The molecule has 1 aliphatic carbocycles. The number of hydrogen-bond acceptors (Lipinski definition) is 8. The maximum absolute atomic E-state index is 12.6. The molecule has 4 atom stereocenters. The van der Waals surface area contributed by atoms with Gasteiger partial charge in [0, 0.05) is 18.9 Å². The number of carbonyl (C=O) groups excluding carboxylic acids is 3. The van der Waals surface area contributed by atoms with Crippen LogP contribution in [0.15, 0.2) is 47.3 Å². The lowest BCUT2D eigenvalue weighted by Gasteiger charge is -2.28. The number of fused-ring (bicyclic) bond motifs is 1. The van der Waals surface area contributed by atoms with Crippen molar-refractivity contribution in [3.8, 4) is 0 Å². The molecular formula is C21H26O8. The number of esters is 3. The molecule has 2 rings (SSSR count). The first-order valence-electron chi connectivity index (χ1n) is 9.26. The summed E-state index contributed by atoms with van der Waals surface area (Å²) in [4.78, 5) is 36.0. The third-order valence-corrected chi connectivity index (χ3v) is 4.82. The summed E-state index contributed by atoms with van der Waals surface area (Å²) < 4.78 is 15.8. The first kappa shape index (κ1) is 22.6. The van der Waals surface area contributed by atoms with Gasteiger partial charge in [-0.3, -0.25) is 4.79 Å². The summed E-state index contributed by atoms with van der Waals surface area (Å²) in [5.41, 5.74) is 1.61. The Labute approximate surface area is 169 Å². The van der Waals surface area contributed by atoms with E-state index in [2.05, 4.69) is 6.58 Å². The SMILES string of the molecule is C=C1C(=O)O[C@@H]2C=C(C)[C@H](O)CC=C(C)C[C@@H](OC(=O)C(=CCO)OC(C)=O)[C@@H]12. The van der Waals surface area contributed by atoms with Crippen molar-refractivity contribution in [3.05, 3.63) is 47.3 Å². The fourth-order valence-electron chi connectivity index (χ4n) is 3.29. The Morgan fingerprint density at radius 1 is 1.38 bits per heavy atom. The predicted molar refractivity (Wildman–Crippen MR) is 102 cm³/mol. The molecule has 29 heavy (non-hydrogen) atoms. The minimum absolute atomic E-state index is 0.153. The highest BCUT2D eigenvalue weighted by molar-refractivity contribution is 5.92. The highest BCUT2D eigenvalue weighted by Crippen LogP contribution is 2.36. The van der Waals surface area contributed by atoms with Gasteiger partial charge in [0.15, 0.2) is 0 Å². The fourth-order valence-corrected chi connectivity index (χ4v) is 3.29. The molecule has 0 amide bonds. The molecule has 158 valence electrons. The van der Waals surface area contributed by atoms with Gasteiger partial charge >= 0.3 is 17.9 Å². The standard InChI is InChI=1S/C21H26O8/c1-11-5-6-15(24)12(2)10-18-19(13(3)20(25)28-18)17(9-11)29-21(26)16(7-8-22)27-14(4)23/h5,7,10,15,17-19,22,24H,3,6,8-9H2,1-2,4H3/t15-,17-,18-,19-/m1/s1. The van der Waals surface area contributed by atoms with Gasteiger partial charge in [-0.05, 0) is 38.0 Å². The molecule has 2 N–H and O–H groups in total. The number of hydrogen-bond donors (Lipinski definition) is 2. The first-order chi connectivity index (χ1) is 13.6. The van der Waals surface area contributed by atoms with Crippen LogP contribution in [0, 0.1) is 5.92 Å². The van der Waals surface area contributed by atoms with Crippen LogP contribution in [0.3, 0.4) is 0 Å². The van der Waals surface area contributed by atoms with E-state index in [9.17, 15) is 19.5 Å². The minimum Gasteiger partial charge on any atom is -0.455 e. The van der Waals surface area contributed by atoms with E-state index in [1.807, 2.05) is 13.0 Å². The van der Waals surface area contributed by atoms with Crippen LogP contribution >= 0.6 is 0 Å². The number of aliphatic hydroxyl groups is 2. The van der Waals surface area contributed by atoms with Gasteiger partial charge in [-0.2, -0.15) is 0 Å². The second-order valence-electron chi connectivity index (χ2n) is 7.13. The van der Waals surface area contributed by atoms with E-state index in [-0.39, 0.29) is 12.0 Å². The van der Waals surface area contributed by atoms with Crippen molar-refractivity contribution < 1.29 is 38.8 Å².